The average molecular weight is 400 g/mol. The Kier molecular flexibility index (Phi) is 4.24. The lowest BCUT2D eigenvalue weighted by Crippen LogP contribution is -2.37. The molecule has 2 N–H and O–H groups in total. The summed E-state index contributed by atoms with van der Waals surface area (Å²) in [5, 5.41) is 0.192. The first kappa shape index (κ1) is 18.6. The third-order valence-corrected chi connectivity index (χ3v) is 6.90. The maximum absolute atomic E-state index is 13.1. The van der Waals surface area contributed by atoms with Crippen LogP contribution in [-0.2, 0) is 16.6 Å². The van der Waals surface area contributed by atoms with Crippen LogP contribution in [0.4, 0.5) is 0 Å². The molecule has 0 saturated heterocycles. The number of fused-ring (bicyclic) bond motifs is 1. The summed E-state index contributed by atoms with van der Waals surface area (Å²) in [6.45, 7) is 3.50. The third-order valence-electron chi connectivity index (χ3n) is 5.12. The monoisotopic (exact) mass is 400 g/mol. The number of sulfonamides is 1. The van der Waals surface area contributed by atoms with E-state index in [-0.39, 0.29) is 16.8 Å². The minimum absolute atomic E-state index is 0.0488. The average Bonchev–Trinajstić information content (AvgIpc) is 3.35. The molecular formula is C19H20N4O4S. The fourth-order valence-electron chi connectivity index (χ4n) is 3.26. The molecule has 0 atom stereocenters. The van der Waals surface area contributed by atoms with Gasteiger partial charge in [-0.1, -0.05) is 0 Å². The number of rotatable bonds is 5. The first-order valence-corrected chi connectivity index (χ1v) is 10.4. The van der Waals surface area contributed by atoms with Gasteiger partial charge in [-0.25, -0.2) is 17.9 Å². The van der Waals surface area contributed by atoms with Crippen LogP contribution in [0.25, 0.3) is 10.9 Å². The van der Waals surface area contributed by atoms with Crippen molar-refractivity contribution in [2.75, 3.05) is 0 Å². The molecule has 4 rings (SSSR count). The van der Waals surface area contributed by atoms with Crippen molar-refractivity contribution >= 4 is 20.9 Å². The van der Waals surface area contributed by atoms with Crippen LogP contribution in [0.3, 0.4) is 0 Å². The Morgan fingerprint density at radius 1 is 1.18 bits per heavy atom. The van der Waals surface area contributed by atoms with E-state index in [4.69, 9.17) is 0 Å². The Morgan fingerprint density at radius 2 is 1.86 bits per heavy atom. The number of aryl methyl sites for hydroxylation is 1. The van der Waals surface area contributed by atoms with Crippen LogP contribution < -0.4 is 16.0 Å². The van der Waals surface area contributed by atoms with Gasteiger partial charge in [0.25, 0.3) is 5.56 Å². The van der Waals surface area contributed by atoms with Crippen molar-refractivity contribution < 1.29 is 8.42 Å². The lowest BCUT2D eigenvalue weighted by atomic mass is 10.1. The Hall–Kier alpha value is -2.78. The van der Waals surface area contributed by atoms with E-state index in [1.165, 1.54) is 12.1 Å². The van der Waals surface area contributed by atoms with Crippen molar-refractivity contribution in [2.45, 2.75) is 43.7 Å². The maximum Gasteiger partial charge on any atom is 0.329 e. The number of hydrogen-bond donors (Lipinski definition) is 2. The molecule has 1 saturated carbocycles. The highest BCUT2D eigenvalue weighted by Crippen LogP contribution is 2.36. The molecule has 0 radical (unpaired) electrons. The smallest absolute Gasteiger partial charge is 0.307 e. The van der Waals surface area contributed by atoms with E-state index in [0.717, 1.165) is 23.0 Å². The normalized spacial score (nSPS) is 15.6. The SMILES string of the molecule is Cc1c(S(=O)(=O)NC2(C)CC2)ccc2[nH]c(=O)n(Cc3ccncc3)c(=O)c12. The van der Waals surface area contributed by atoms with Crippen molar-refractivity contribution in [3.05, 3.63) is 68.6 Å². The summed E-state index contributed by atoms with van der Waals surface area (Å²) in [5.74, 6) is 0. The van der Waals surface area contributed by atoms with Crippen molar-refractivity contribution in [1.29, 1.82) is 0 Å². The third kappa shape index (κ3) is 3.27. The second kappa shape index (κ2) is 6.39. The number of H-pyrrole nitrogens is 1. The van der Waals surface area contributed by atoms with E-state index in [0.29, 0.717) is 11.1 Å². The highest BCUT2D eigenvalue weighted by Gasteiger charge is 2.41. The van der Waals surface area contributed by atoms with Crippen molar-refractivity contribution in [3.63, 3.8) is 0 Å². The predicted molar refractivity (Wildman–Crippen MR) is 105 cm³/mol. The van der Waals surface area contributed by atoms with E-state index >= 15 is 0 Å². The van der Waals surface area contributed by atoms with Crippen LogP contribution in [0.5, 0.6) is 0 Å². The quantitative estimate of drug-likeness (QED) is 0.670. The molecule has 146 valence electrons. The Bertz CT molecular complexity index is 1290. The number of pyridine rings is 1. The molecular weight excluding hydrogens is 380 g/mol. The molecule has 2 aromatic heterocycles. The van der Waals surface area contributed by atoms with Crippen LogP contribution >= 0.6 is 0 Å². The second-order valence-corrected chi connectivity index (χ2v) is 9.11. The zero-order valence-electron chi connectivity index (χ0n) is 15.5. The van der Waals surface area contributed by atoms with E-state index in [2.05, 4.69) is 14.7 Å². The van der Waals surface area contributed by atoms with Crippen molar-refractivity contribution in [2.24, 2.45) is 0 Å². The minimum atomic E-state index is -3.77. The highest BCUT2D eigenvalue weighted by molar-refractivity contribution is 7.89. The van der Waals surface area contributed by atoms with Gasteiger partial charge in [0.05, 0.1) is 22.3 Å². The van der Waals surface area contributed by atoms with Gasteiger partial charge < -0.3 is 4.98 Å². The zero-order chi connectivity index (χ0) is 20.1. The predicted octanol–water partition coefficient (Wildman–Crippen LogP) is 1.27. The fourth-order valence-corrected chi connectivity index (χ4v) is 4.97. The molecule has 28 heavy (non-hydrogen) atoms. The Labute approximate surface area is 161 Å². The fraction of sp³-hybridized carbons (Fsp3) is 0.316. The van der Waals surface area contributed by atoms with Crippen molar-refractivity contribution in [1.82, 2.24) is 19.3 Å². The molecule has 1 aliphatic carbocycles. The van der Waals surface area contributed by atoms with Crippen LogP contribution in [0.1, 0.15) is 30.9 Å². The molecule has 9 heteroatoms. The largest absolute Gasteiger partial charge is 0.329 e. The molecule has 0 unspecified atom stereocenters. The Morgan fingerprint density at radius 3 is 2.50 bits per heavy atom. The van der Waals surface area contributed by atoms with Gasteiger partial charge in [0.15, 0.2) is 0 Å². The zero-order valence-corrected chi connectivity index (χ0v) is 16.3. The molecule has 0 aliphatic heterocycles. The summed E-state index contributed by atoms with van der Waals surface area (Å²) >= 11 is 0. The van der Waals surface area contributed by atoms with E-state index < -0.39 is 26.8 Å². The van der Waals surface area contributed by atoms with Crippen LogP contribution in [0.15, 0.2) is 51.1 Å². The highest BCUT2D eigenvalue weighted by atomic mass is 32.2. The summed E-state index contributed by atoms with van der Waals surface area (Å²) in [4.78, 5) is 32.1. The molecule has 1 fully saturated rings. The lowest BCUT2D eigenvalue weighted by molar-refractivity contribution is 0.557. The van der Waals surface area contributed by atoms with Gasteiger partial charge in [-0.2, -0.15) is 0 Å². The topological polar surface area (TPSA) is 114 Å². The number of benzene rings is 1. The van der Waals surface area contributed by atoms with E-state index in [9.17, 15) is 18.0 Å². The minimum Gasteiger partial charge on any atom is -0.307 e. The standard InChI is InChI=1S/C19H20N4O4S/c1-12-15(28(26,27)22-19(2)7-8-19)4-3-14-16(12)17(24)23(18(25)21-14)11-13-5-9-20-10-6-13/h3-6,9-10,22H,7-8,11H2,1-2H3,(H,21,25). The number of nitrogens with one attached hydrogen (secondary N) is 2. The molecule has 3 aromatic rings. The summed E-state index contributed by atoms with van der Waals surface area (Å²) in [5.41, 5.74) is -0.122. The molecule has 1 aromatic carbocycles. The van der Waals surface area contributed by atoms with E-state index in [1.807, 2.05) is 6.92 Å². The van der Waals surface area contributed by atoms with Crippen LogP contribution in [-0.4, -0.2) is 28.5 Å². The molecule has 2 heterocycles. The summed E-state index contributed by atoms with van der Waals surface area (Å²) in [6.07, 6.45) is 4.72. The maximum atomic E-state index is 13.1. The number of nitrogens with zero attached hydrogens (tertiary/aromatic N) is 2. The summed E-state index contributed by atoms with van der Waals surface area (Å²) in [6, 6.07) is 6.31. The van der Waals surface area contributed by atoms with E-state index in [1.54, 1.807) is 31.5 Å². The van der Waals surface area contributed by atoms with Gasteiger partial charge in [-0.15, -0.1) is 0 Å². The molecule has 0 bridgehead atoms. The number of hydrogen-bond acceptors (Lipinski definition) is 5. The van der Waals surface area contributed by atoms with Gasteiger partial charge in [0.1, 0.15) is 0 Å². The number of aromatic nitrogens is 3. The van der Waals surface area contributed by atoms with Crippen LogP contribution in [0.2, 0.25) is 0 Å². The first-order chi connectivity index (χ1) is 13.2. The van der Waals surface area contributed by atoms with Crippen LogP contribution in [0, 0.1) is 6.92 Å². The molecule has 8 nitrogen and oxygen atoms in total. The second-order valence-electron chi connectivity index (χ2n) is 7.45. The van der Waals surface area contributed by atoms with Gasteiger partial charge in [-0.05, 0) is 62.1 Å². The van der Waals surface area contributed by atoms with Gasteiger partial charge >= 0.3 is 5.69 Å². The summed E-state index contributed by atoms with van der Waals surface area (Å²) in [7, 11) is -3.77. The van der Waals surface area contributed by atoms with Gasteiger partial charge in [0, 0.05) is 17.9 Å². The molecule has 0 amide bonds. The number of aromatic amines is 1. The van der Waals surface area contributed by atoms with Crippen molar-refractivity contribution in [3.8, 4) is 0 Å². The Balaban J connectivity index is 1.88. The first-order valence-electron chi connectivity index (χ1n) is 8.90. The summed E-state index contributed by atoms with van der Waals surface area (Å²) < 4.78 is 29.4. The van der Waals surface area contributed by atoms with Gasteiger partial charge in [-0.3, -0.25) is 14.3 Å². The molecule has 0 spiro atoms. The molecule has 1 aliphatic rings. The lowest BCUT2D eigenvalue weighted by Gasteiger charge is -2.15. The van der Waals surface area contributed by atoms with Gasteiger partial charge in [0.2, 0.25) is 10.0 Å².